The van der Waals surface area contributed by atoms with Gasteiger partial charge < -0.3 is 10.1 Å². The van der Waals surface area contributed by atoms with E-state index in [9.17, 15) is 0 Å². The molecule has 0 fully saturated rings. The van der Waals surface area contributed by atoms with Gasteiger partial charge in [0, 0.05) is 13.2 Å². The molecule has 0 bridgehead atoms. The number of anilines is 1. The molecule has 16 heavy (non-hydrogen) atoms. The van der Waals surface area contributed by atoms with E-state index in [1.165, 1.54) is 0 Å². The van der Waals surface area contributed by atoms with Crippen LogP contribution < -0.4 is 5.32 Å². The Morgan fingerprint density at radius 2 is 2.19 bits per heavy atom. The van der Waals surface area contributed by atoms with Gasteiger partial charge in [-0.2, -0.15) is 0 Å². The molecule has 1 aromatic rings. The Labute approximate surface area is 106 Å². The average Bonchev–Trinajstić information content (AvgIpc) is 2.21. The second kappa shape index (κ2) is 5.64. The molecule has 0 spiro atoms. The zero-order chi connectivity index (χ0) is 12.2. The topological polar surface area (TPSA) is 34.1 Å². The van der Waals surface area contributed by atoms with Gasteiger partial charge in [-0.25, -0.2) is 4.98 Å². The second-order valence-electron chi connectivity index (χ2n) is 4.58. The zero-order valence-electron chi connectivity index (χ0n) is 10.2. The Bertz CT molecular complexity index is 324. The number of hydrogen-bond donors (Lipinski definition) is 1. The van der Waals surface area contributed by atoms with Crippen LogP contribution in [-0.2, 0) is 4.74 Å². The average molecular weight is 287 g/mol. The monoisotopic (exact) mass is 286 g/mol. The number of nitrogens with one attached hydrogen (secondary N) is 1. The summed E-state index contributed by atoms with van der Waals surface area (Å²) in [4.78, 5) is 4.17. The smallest absolute Gasteiger partial charge is 0.106 e. The van der Waals surface area contributed by atoms with Gasteiger partial charge in [0.25, 0.3) is 0 Å². The van der Waals surface area contributed by atoms with E-state index < -0.39 is 0 Å². The number of pyridine rings is 1. The number of hydrogen-bond acceptors (Lipinski definition) is 3. The van der Waals surface area contributed by atoms with Gasteiger partial charge in [-0.1, -0.05) is 0 Å². The predicted octanol–water partition coefficient (Wildman–Crippen LogP) is 3.46. The van der Waals surface area contributed by atoms with Crippen LogP contribution in [0.3, 0.4) is 0 Å². The normalized spacial score (nSPS) is 13.6. The molecule has 4 heteroatoms. The Hall–Kier alpha value is -0.610. The fourth-order valence-corrected chi connectivity index (χ4v) is 1.85. The van der Waals surface area contributed by atoms with Crippen LogP contribution in [0, 0.1) is 0 Å². The Morgan fingerprint density at radius 1 is 1.50 bits per heavy atom. The summed E-state index contributed by atoms with van der Waals surface area (Å²) in [5.41, 5.74) is 0.928. The molecule has 0 saturated carbocycles. The molecule has 0 aromatic carbocycles. The molecule has 1 rings (SSSR count). The molecule has 90 valence electrons. The van der Waals surface area contributed by atoms with E-state index in [0.29, 0.717) is 6.04 Å². The highest BCUT2D eigenvalue weighted by Crippen LogP contribution is 2.18. The first kappa shape index (κ1) is 13.5. The maximum Gasteiger partial charge on any atom is 0.106 e. The quantitative estimate of drug-likeness (QED) is 0.842. The summed E-state index contributed by atoms with van der Waals surface area (Å²) < 4.78 is 6.25. The first-order valence-corrected chi connectivity index (χ1v) is 6.15. The van der Waals surface area contributed by atoms with E-state index in [2.05, 4.69) is 47.0 Å². The minimum absolute atomic E-state index is 0.102. The SMILES string of the molecule is COC(C)(C)CC(C)Nc1ccc(Br)nc1. The van der Waals surface area contributed by atoms with Crippen molar-refractivity contribution in [3.05, 3.63) is 22.9 Å². The van der Waals surface area contributed by atoms with Gasteiger partial charge in [0.05, 0.1) is 17.5 Å². The lowest BCUT2D eigenvalue weighted by Gasteiger charge is -2.27. The molecule has 1 aromatic heterocycles. The van der Waals surface area contributed by atoms with Gasteiger partial charge in [-0.15, -0.1) is 0 Å². The summed E-state index contributed by atoms with van der Waals surface area (Å²) in [5.74, 6) is 0. The van der Waals surface area contributed by atoms with Gasteiger partial charge >= 0.3 is 0 Å². The fraction of sp³-hybridized carbons (Fsp3) is 0.583. The van der Waals surface area contributed by atoms with E-state index >= 15 is 0 Å². The van der Waals surface area contributed by atoms with Crippen LogP contribution in [0.25, 0.3) is 0 Å². The highest BCUT2D eigenvalue weighted by Gasteiger charge is 2.19. The highest BCUT2D eigenvalue weighted by atomic mass is 79.9. The van der Waals surface area contributed by atoms with Crippen molar-refractivity contribution in [1.29, 1.82) is 0 Å². The first-order chi connectivity index (χ1) is 7.43. The molecule has 1 heterocycles. The van der Waals surface area contributed by atoms with Crippen LogP contribution >= 0.6 is 15.9 Å². The lowest BCUT2D eigenvalue weighted by Crippen LogP contribution is -2.31. The minimum Gasteiger partial charge on any atom is -0.381 e. The third-order valence-corrected chi connectivity index (χ3v) is 2.96. The van der Waals surface area contributed by atoms with Crippen molar-refractivity contribution >= 4 is 21.6 Å². The standard InChI is InChI=1S/C12H19BrN2O/c1-9(7-12(2,3)16-4)15-10-5-6-11(13)14-8-10/h5-6,8-9,15H,7H2,1-4H3. The Morgan fingerprint density at radius 3 is 2.69 bits per heavy atom. The van der Waals surface area contributed by atoms with Crippen molar-refractivity contribution in [1.82, 2.24) is 4.98 Å². The number of aromatic nitrogens is 1. The predicted molar refractivity (Wildman–Crippen MR) is 70.7 cm³/mol. The van der Waals surface area contributed by atoms with Crippen LogP contribution in [0.5, 0.6) is 0 Å². The lowest BCUT2D eigenvalue weighted by atomic mass is 10.00. The molecule has 0 radical (unpaired) electrons. The summed E-state index contributed by atoms with van der Waals surface area (Å²) in [6, 6.07) is 4.28. The molecule has 0 amide bonds. The molecular formula is C12H19BrN2O. The first-order valence-electron chi connectivity index (χ1n) is 5.36. The van der Waals surface area contributed by atoms with E-state index in [4.69, 9.17) is 4.74 Å². The third-order valence-electron chi connectivity index (χ3n) is 2.49. The van der Waals surface area contributed by atoms with Crippen LogP contribution in [0.1, 0.15) is 27.2 Å². The summed E-state index contributed by atoms with van der Waals surface area (Å²) in [5, 5.41) is 3.40. The largest absolute Gasteiger partial charge is 0.381 e. The van der Waals surface area contributed by atoms with Crippen molar-refractivity contribution < 1.29 is 4.74 Å². The molecule has 0 aliphatic carbocycles. The van der Waals surface area contributed by atoms with Gasteiger partial charge in [0.15, 0.2) is 0 Å². The molecule has 0 aliphatic heterocycles. The molecule has 1 unspecified atom stereocenters. The number of methoxy groups -OCH3 is 1. The minimum atomic E-state index is -0.102. The van der Waals surface area contributed by atoms with E-state index in [1.807, 2.05) is 18.3 Å². The maximum absolute atomic E-state index is 5.40. The molecular weight excluding hydrogens is 268 g/mol. The van der Waals surface area contributed by atoms with Crippen molar-refractivity contribution in [2.24, 2.45) is 0 Å². The van der Waals surface area contributed by atoms with Gasteiger partial charge in [0.2, 0.25) is 0 Å². The number of ether oxygens (including phenoxy) is 1. The fourth-order valence-electron chi connectivity index (χ4n) is 1.62. The number of halogens is 1. The van der Waals surface area contributed by atoms with E-state index in [-0.39, 0.29) is 5.60 Å². The van der Waals surface area contributed by atoms with E-state index in [1.54, 1.807) is 7.11 Å². The molecule has 0 saturated heterocycles. The van der Waals surface area contributed by atoms with Crippen molar-refractivity contribution in [3.8, 4) is 0 Å². The lowest BCUT2D eigenvalue weighted by molar-refractivity contribution is 0.0128. The molecule has 1 atom stereocenters. The van der Waals surface area contributed by atoms with Crippen molar-refractivity contribution in [2.45, 2.75) is 38.8 Å². The van der Waals surface area contributed by atoms with Crippen LogP contribution in [0.15, 0.2) is 22.9 Å². The van der Waals surface area contributed by atoms with Gasteiger partial charge in [-0.3, -0.25) is 0 Å². The third kappa shape index (κ3) is 4.49. The van der Waals surface area contributed by atoms with Crippen molar-refractivity contribution in [2.75, 3.05) is 12.4 Å². The second-order valence-corrected chi connectivity index (χ2v) is 5.40. The van der Waals surface area contributed by atoms with Crippen LogP contribution in [0.4, 0.5) is 5.69 Å². The molecule has 1 N–H and O–H groups in total. The molecule has 0 aliphatic rings. The zero-order valence-corrected chi connectivity index (χ0v) is 11.8. The number of rotatable bonds is 5. The highest BCUT2D eigenvalue weighted by molar-refractivity contribution is 9.10. The summed E-state index contributed by atoms with van der Waals surface area (Å²) in [7, 11) is 1.74. The molecule has 3 nitrogen and oxygen atoms in total. The van der Waals surface area contributed by atoms with Crippen LogP contribution in [0.2, 0.25) is 0 Å². The Kier molecular flexibility index (Phi) is 4.74. The number of nitrogens with zero attached hydrogens (tertiary/aromatic N) is 1. The summed E-state index contributed by atoms with van der Waals surface area (Å²) in [6.07, 6.45) is 2.76. The summed E-state index contributed by atoms with van der Waals surface area (Å²) >= 11 is 3.31. The maximum atomic E-state index is 5.40. The summed E-state index contributed by atoms with van der Waals surface area (Å²) in [6.45, 7) is 6.32. The van der Waals surface area contributed by atoms with E-state index in [0.717, 1.165) is 16.7 Å². The van der Waals surface area contributed by atoms with Gasteiger partial charge in [-0.05, 0) is 55.3 Å². The Balaban J connectivity index is 2.51. The van der Waals surface area contributed by atoms with Crippen LogP contribution in [-0.4, -0.2) is 23.7 Å². The van der Waals surface area contributed by atoms with Crippen molar-refractivity contribution in [3.63, 3.8) is 0 Å². The van der Waals surface area contributed by atoms with Gasteiger partial charge in [0.1, 0.15) is 4.60 Å².